The van der Waals surface area contributed by atoms with Crippen molar-refractivity contribution in [3.8, 4) is 5.75 Å². The zero-order valence-electron chi connectivity index (χ0n) is 10.3. The molecule has 2 aromatic carbocycles. The zero-order valence-corrected chi connectivity index (χ0v) is 11.0. The molecule has 0 bridgehead atoms. The number of halogens is 1. The maximum absolute atomic E-state index is 12.0. The predicted molar refractivity (Wildman–Crippen MR) is 76.7 cm³/mol. The number of carbonyl (C=O) groups excluding carboxylic acids is 1. The number of carbonyl (C=O) groups is 1. The van der Waals surface area contributed by atoms with Crippen LogP contribution in [0.5, 0.6) is 5.75 Å². The second kappa shape index (κ2) is 5.20. The van der Waals surface area contributed by atoms with Gasteiger partial charge in [0, 0.05) is 11.3 Å². The minimum atomic E-state index is -0.359. The topological polar surface area (TPSA) is 75.4 Å². The molecule has 0 saturated heterocycles. The van der Waals surface area contributed by atoms with Gasteiger partial charge in [-0.25, -0.2) is 0 Å². The van der Waals surface area contributed by atoms with Gasteiger partial charge in [0.05, 0.1) is 10.7 Å². The highest BCUT2D eigenvalue weighted by atomic mass is 35.5. The molecular formula is C14H13ClN2O2. The van der Waals surface area contributed by atoms with Crippen molar-refractivity contribution in [1.29, 1.82) is 0 Å². The lowest BCUT2D eigenvalue weighted by Crippen LogP contribution is -2.12. The number of nitrogen functional groups attached to an aromatic ring is 1. The lowest BCUT2D eigenvalue weighted by molar-refractivity contribution is 0.102. The fourth-order valence-corrected chi connectivity index (χ4v) is 1.75. The molecule has 0 fully saturated rings. The quantitative estimate of drug-likeness (QED) is 0.737. The van der Waals surface area contributed by atoms with Crippen LogP contribution < -0.4 is 11.1 Å². The molecule has 0 aliphatic heterocycles. The number of hydrogen-bond acceptors (Lipinski definition) is 3. The summed E-state index contributed by atoms with van der Waals surface area (Å²) >= 11 is 5.96. The second-order valence-electron chi connectivity index (χ2n) is 4.19. The van der Waals surface area contributed by atoms with Crippen LogP contribution in [0.4, 0.5) is 11.4 Å². The molecule has 2 rings (SSSR count). The number of hydrogen-bond donors (Lipinski definition) is 3. The van der Waals surface area contributed by atoms with E-state index in [1.807, 2.05) is 0 Å². The van der Waals surface area contributed by atoms with Crippen molar-refractivity contribution in [2.24, 2.45) is 0 Å². The summed E-state index contributed by atoms with van der Waals surface area (Å²) in [6.45, 7) is 1.76. The predicted octanol–water partition coefficient (Wildman–Crippen LogP) is 3.19. The van der Waals surface area contributed by atoms with Crippen molar-refractivity contribution >= 4 is 28.9 Å². The highest BCUT2D eigenvalue weighted by Gasteiger charge is 2.10. The fraction of sp³-hybridized carbons (Fsp3) is 0.0714. The highest BCUT2D eigenvalue weighted by molar-refractivity contribution is 6.34. The summed E-state index contributed by atoms with van der Waals surface area (Å²) in [6.07, 6.45) is 0. The maximum Gasteiger partial charge on any atom is 0.255 e. The number of amides is 1. The third kappa shape index (κ3) is 2.98. The molecule has 0 atom stereocenters. The Morgan fingerprint density at radius 2 is 2.00 bits per heavy atom. The van der Waals surface area contributed by atoms with Gasteiger partial charge in [-0.05, 0) is 42.8 Å². The number of phenolic OH excluding ortho intramolecular Hbond substituents is 1. The van der Waals surface area contributed by atoms with E-state index in [-0.39, 0.29) is 11.7 Å². The second-order valence-corrected chi connectivity index (χ2v) is 4.60. The molecule has 0 heterocycles. The molecule has 4 nitrogen and oxygen atoms in total. The Kier molecular flexibility index (Phi) is 3.62. The van der Waals surface area contributed by atoms with Crippen LogP contribution in [0, 0.1) is 6.92 Å². The number of nitrogens with two attached hydrogens (primary N) is 1. The number of aryl methyl sites for hydroxylation is 1. The molecule has 0 aliphatic carbocycles. The van der Waals surface area contributed by atoms with Crippen LogP contribution in [-0.4, -0.2) is 11.0 Å². The molecule has 0 unspecified atom stereocenters. The van der Waals surface area contributed by atoms with Crippen LogP contribution in [0.3, 0.4) is 0 Å². The van der Waals surface area contributed by atoms with E-state index in [4.69, 9.17) is 17.3 Å². The fourth-order valence-electron chi connectivity index (χ4n) is 1.58. The van der Waals surface area contributed by atoms with E-state index in [9.17, 15) is 9.90 Å². The smallest absolute Gasteiger partial charge is 0.255 e. The van der Waals surface area contributed by atoms with Gasteiger partial charge in [-0.3, -0.25) is 4.79 Å². The van der Waals surface area contributed by atoms with Gasteiger partial charge >= 0.3 is 0 Å². The molecule has 0 saturated carbocycles. The molecule has 0 aromatic heterocycles. The van der Waals surface area contributed by atoms with E-state index in [1.54, 1.807) is 37.3 Å². The SMILES string of the molecule is Cc1ccc(C(=O)Nc2cc(N)ccc2Cl)cc1O. The molecular weight excluding hydrogens is 264 g/mol. The summed E-state index contributed by atoms with van der Waals surface area (Å²) in [4.78, 5) is 12.0. The number of anilines is 2. The first kappa shape index (κ1) is 13.2. The van der Waals surface area contributed by atoms with E-state index in [0.29, 0.717) is 27.5 Å². The molecule has 1 amide bonds. The highest BCUT2D eigenvalue weighted by Crippen LogP contribution is 2.25. The monoisotopic (exact) mass is 276 g/mol. The normalized spacial score (nSPS) is 10.2. The first-order valence-corrected chi connectivity index (χ1v) is 6.01. The lowest BCUT2D eigenvalue weighted by Gasteiger charge is -2.09. The standard InChI is InChI=1S/C14H13ClN2O2/c1-8-2-3-9(6-13(8)18)14(19)17-12-7-10(16)4-5-11(12)15/h2-7,18H,16H2,1H3,(H,17,19). The molecule has 2 aromatic rings. The van der Waals surface area contributed by atoms with Crippen molar-refractivity contribution < 1.29 is 9.90 Å². The molecule has 4 N–H and O–H groups in total. The average Bonchev–Trinajstić information content (AvgIpc) is 2.37. The van der Waals surface area contributed by atoms with Crippen molar-refractivity contribution in [1.82, 2.24) is 0 Å². The summed E-state index contributed by atoms with van der Waals surface area (Å²) in [6, 6.07) is 9.55. The molecule has 98 valence electrons. The van der Waals surface area contributed by atoms with Crippen molar-refractivity contribution in [3.63, 3.8) is 0 Å². The van der Waals surface area contributed by atoms with Gasteiger partial charge in [0.25, 0.3) is 5.91 Å². The van der Waals surface area contributed by atoms with Crippen molar-refractivity contribution in [3.05, 3.63) is 52.5 Å². The summed E-state index contributed by atoms with van der Waals surface area (Å²) in [7, 11) is 0. The van der Waals surface area contributed by atoms with Crippen LogP contribution in [0.25, 0.3) is 0 Å². The van der Waals surface area contributed by atoms with Gasteiger partial charge in [0.2, 0.25) is 0 Å². The Morgan fingerprint density at radius 3 is 2.68 bits per heavy atom. The van der Waals surface area contributed by atoms with Gasteiger partial charge in [0.1, 0.15) is 5.75 Å². The summed E-state index contributed by atoms with van der Waals surface area (Å²) in [5.74, 6) is -0.283. The largest absolute Gasteiger partial charge is 0.508 e. The molecule has 19 heavy (non-hydrogen) atoms. The van der Waals surface area contributed by atoms with Gasteiger partial charge in [-0.15, -0.1) is 0 Å². The van der Waals surface area contributed by atoms with E-state index < -0.39 is 0 Å². The summed E-state index contributed by atoms with van der Waals surface area (Å²) < 4.78 is 0. The van der Waals surface area contributed by atoms with E-state index >= 15 is 0 Å². The van der Waals surface area contributed by atoms with Crippen LogP contribution in [-0.2, 0) is 0 Å². The van der Waals surface area contributed by atoms with Gasteiger partial charge in [0.15, 0.2) is 0 Å². The first-order chi connectivity index (χ1) is 8.97. The van der Waals surface area contributed by atoms with Gasteiger partial charge in [-0.2, -0.15) is 0 Å². The number of nitrogens with one attached hydrogen (secondary N) is 1. The number of rotatable bonds is 2. The Balaban J connectivity index is 2.25. The Morgan fingerprint density at radius 1 is 1.26 bits per heavy atom. The van der Waals surface area contributed by atoms with Crippen LogP contribution in [0.1, 0.15) is 15.9 Å². The Hall–Kier alpha value is -2.20. The number of benzene rings is 2. The molecule has 0 radical (unpaired) electrons. The van der Waals surface area contributed by atoms with E-state index in [1.165, 1.54) is 6.07 Å². The molecule has 5 heteroatoms. The molecule has 0 aliphatic rings. The summed E-state index contributed by atoms with van der Waals surface area (Å²) in [5.41, 5.74) is 7.63. The van der Waals surface area contributed by atoms with Crippen LogP contribution in [0.15, 0.2) is 36.4 Å². The van der Waals surface area contributed by atoms with Gasteiger partial charge < -0.3 is 16.2 Å². The average molecular weight is 277 g/mol. The lowest BCUT2D eigenvalue weighted by atomic mass is 10.1. The summed E-state index contributed by atoms with van der Waals surface area (Å²) in [5, 5.41) is 12.6. The zero-order chi connectivity index (χ0) is 14.0. The maximum atomic E-state index is 12.0. The van der Waals surface area contributed by atoms with Crippen LogP contribution >= 0.6 is 11.6 Å². The van der Waals surface area contributed by atoms with Crippen molar-refractivity contribution in [2.45, 2.75) is 6.92 Å². The van der Waals surface area contributed by atoms with Crippen LogP contribution in [0.2, 0.25) is 5.02 Å². The third-order valence-electron chi connectivity index (χ3n) is 2.71. The number of phenols is 1. The van der Waals surface area contributed by atoms with E-state index in [0.717, 1.165) is 0 Å². The van der Waals surface area contributed by atoms with E-state index in [2.05, 4.69) is 5.32 Å². The first-order valence-electron chi connectivity index (χ1n) is 5.63. The third-order valence-corrected chi connectivity index (χ3v) is 3.04. The van der Waals surface area contributed by atoms with Crippen molar-refractivity contribution in [2.75, 3.05) is 11.1 Å². The van der Waals surface area contributed by atoms with Gasteiger partial charge in [-0.1, -0.05) is 17.7 Å². The Labute approximate surface area is 115 Å². The minimum absolute atomic E-state index is 0.0753. The Bertz CT molecular complexity index is 641. The number of aromatic hydroxyl groups is 1. The molecule has 0 spiro atoms. The minimum Gasteiger partial charge on any atom is -0.508 e.